The fourth-order valence-corrected chi connectivity index (χ4v) is 5.31. The Hall–Kier alpha value is -1.88. The van der Waals surface area contributed by atoms with Gasteiger partial charge in [-0.25, -0.2) is 13.4 Å². The normalized spacial score (nSPS) is 16.6. The van der Waals surface area contributed by atoms with Gasteiger partial charge in [0.05, 0.1) is 29.1 Å². The quantitative estimate of drug-likeness (QED) is 0.691. The van der Waals surface area contributed by atoms with Crippen molar-refractivity contribution >= 4 is 33.4 Å². The third kappa shape index (κ3) is 5.00. The zero-order valence-corrected chi connectivity index (χ0v) is 18.5. The van der Waals surface area contributed by atoms with Crippen molar-refractivity contribution in [1.29, 1.82) is 0 Å². The van der Waals surface area contributed by atoms with E-state index in [0.717, 1.165) is 11.5 Å². The van der Waals surface area contributed by atoms with Gasteiger partial charge in [-0.3, -0.25) is 4.79 Å². The SMILES string of the molecule is Cc1ccc(NC(=O)C(C)Sc2nc(C)c(C)o2)cc1S(=O)(=O)N1CCOCC1. The van der Waals surface area contributed by atoms with E-state index in [1.54, 1.807) is 26.0 Å². The molecule has 29 heavy (non-hydrogen) atoms. The highest BCUT2D eigenvalue weighted by Gasteiger charge is 2.28. The summed E-state index contributed by atoms with van der Waals surface area (Å²) >= 11 is 1.21. The van der Waals surface area contributed by atoms with Crippen LogP contribution in [0, 0.1) is 20.8 Å². The second-order valence-electron chi connectivity index (χ2n) is 6.87. The number of aromatic nitrogens is 1. The molecule has 2 aromatic rings. The van der Waals surface area contributed by atoms with Crippen LogP contribution >= 0.6 is 11.8 Å². The third-order valence-electron chi connectivity index (χ3n) is 4.70. The average molecular weight is 440 g/mol. The smallest absolute Gasteiger partial charge is 0.256 e. The van der Waals surface area contributed by atoms with Crippen molar-refractivity contribution in [2.45, 2.75) is 43.1 Å². The molecular formula is C19H25N3O5S2. The van der Waals surface area contributed by atoms with Gasteiger partial charge in [0.25, 0.3) is 5.22 Å². The Balaban J connectivity index is 1.74. The Kier molecular flexibility index (Phi) is 6.67. The van der Waals surface area contributed by atoms with E-state index in [4.69, 9.17) is 9.15 Å². The van der Waals surface area contributed by atoms with Crippen LogP contribution in [0.2, 0.25) is 0 Å². The monoisotopic (exact) mass is 439 g/mol. The number of aryl methyl sites for hydroxylation is 3. The van der Waals surface area contributed by atoms with Gasteiger partial charge in [-0.1, -0.05) is 17.8 Å². The molecule has 1 amide bonds. The molecule has 1 saturated heterocycles. The van der Waals surface area contributed by atoms with Crippen LogP contribution < -0.4 is 5.32 Å². The summed E-state index contributed by atoms with van der Waals surface area (Å²) in [4.78, 5) is 17.0. The van der Waals surface area contributed by atoms with Crippen molar-refractivity contribution in [1.82, 2.24) is 9.29 Å². The molecule has 0 saturated carbocycles. The van der Waals surface area contributed by atoms with Gasteiger partial charge in [0.15, 0.2) is 0 Å². The minimum absolute atomic E-state index is 0.191. The molecule has 2 heterocycles. The zero-order valence-electron chi connectivity index (χ0n) is 16.9. The van der Waals surface area contributed by atoms with E-state index in [1.807, 2.05) is 13.8 Å². The van der Waals surface area contributed by atoms with Crippen LogP contribution in [0.4, 0.5) is 5.69 Å². The first-order valence-corrected chi connectivity index (χ1v) is 11.6. The topological polar surface area (TPSA) is 102 Å². The number of sulfonamides is 1. The minimum Gasteiger partial charge on any atom is -0.437 e. The van der Waals surface area contributed by atoms with Crippen LogP contribution in [0.15, 0.2) is 32.7 Å². The van der Waals surface area contributed by atoms with E-state index >= 15 is 0 Å². The predicted octanol–water partition coefficient (Wildman–Crippen LogP) is 2.74. The number of hydrogen-bond acceptors (Lipinski definition) is 7. The van der Waals surface area contributed by atoms with Crippen LogP contribution in [0.3, 0.4) is 0 Å². The number of thioether (sulfide) groups is 1. The number of ether oxygens (including phenoxy) is 1. The summed E-state index contributed by atoms with van der Waals surface area (Å²) in [5, 5.41) is 2.76. The van der Waals surface area contributed by atoms with Crippen LogP contribution in [-0.4, -0.2) is 55.2 Å². The van der Waals surface area contributed by atoms with Crippen molar-refractivity contribution in [3.63, 3.8) is 0 Å². The molecule has 8 nitrogen and oxygen atoms in total. The van der Waals surface area contributed by atoms with E-state index in [1.165, 1.54) is 22.1 Å². The Morgan fingerprint density at radius 1 is 1.24 bits per heavy atom. The molecule has 0 spiro atoms. The van der Waals surface area contributed by atoms with Gasteiger partial charge in [-0.2, -0.15) is 4.31 Å². The van der Waals surface area contributed by atoms with Gasteiger partial charge in [0.2, 0.25) is 15.9 Å². The molecular weight excluding hydrogens is 414 g/mol. The Morgan fingerprint density at radius 2 is 1.93 bits per heavy atom. The summed E-state index contributed by atoms with van der Waals surface area (Å²) in [5.41, 5.74) is 1.85. The summed E-state index contributed by atoms with van der Waals surface area (Å²) in [6.07, 6.45) is 0. The number of carbonyl (C=O) groups is 1. The molecule has 1 aliphatic rings. The van der Waals surface area contributed by atoms with Crippen LogP contribution in [0.1, 0.15) is 23.9 Å². The summed E-state index contributed by atoms with van der Waals surface area (Å²) in [6.45, 7) is 8.55. The molecule has 10 heteroatoms. The summed E-state index contributed by atoms with van der Waals surface area (Å²) in [7, 11) is -3.65. The maximum atomic E-state index is 13.0. The average Bonchev–Trinajstić information content (AvgIpc) is 3.00. The van der Waals surface area contributed by atoms with E-state index < -0.39 is 15.3 Å². The maximum Gasteiger partial charge on any atom is 0.256 e. The molecule has 1 aromatic heterocycles. The van der Waals surface area contributed by atoms with Crippen molar-refractivity contribution in [2.24, 2.45) is 0 Å². The molecule has 1 fully saturated rings. The first-order valence-electron chi connectivity index (χ1n) is 9.28. The Morgan fingerprint density at radius 3 is 2.55 bits per heavy atom. The maximum absolute atomic E-state index is 13.0. The van der Waals surface area contributed by atoms with Crippen molar-refractivity contribution in [2.75, 3.05) is 31.6 Å². The number of benzene rings is 1. The van der Waals surface area contributed by atoms with Gasteiger partial charge in [0, 0.05) is 18.8 Å². The highest BCUT2D eigenvalue weighted by Crippen LogP contribution is 2.27. The fraction of sp³-hybridized carbons (Fsp3) is 0.474. The van der Waals surface area contributed by atoms with Gasteiger partial charge >= 0.3 is 0 Å². The standard InChI is InChI=1S/C19H25N3O5S2/c1-12-5-6-16(11-17(12)29(24,25)22-7-9-26-10-8-22)21-18(23)15(4)28-19-20-13(2)14(3)27-19/h5-6,11,15H,7-10H2,1-4H3,(H,21,23). The molecule has 1 aliphatic heterocycles. The van der Waals surface area contributed by atoms with Gasteiger partial charge in [-0.05, 0) is 45.4 Å². The zero-order chi connectivity index (χ0) is 21.2. The lowest BCUT2D eigenvalue weighted by Crippen LogP contribution is -2.40. The lowest BCUT2D eigenvalue weighted by molar-refractivity contribution is -0.115. The summed E-state index contributed by atoms with van der Waals surface area (Å²) < 4.78 is 38.1. The van der Waals surface area contributed by atoms with Gasteiger partial charge in [0.1, 0.15) is 5.76 Å². The number of nitrogens with one attached hydrogen (secondary N) is 1. The van der Waals surface area contributed by atoms with Crippen LogP contribution in [0.25, 0.3) is 0 Å². The molecule has 0 bridgehead atoms. The predicted molar refractivity (Wildman–Crippen MR) is 111 cm³/mol. The van der Waals surface area contributed by atoms with E-state index in [-0.39, 0.29) is 10.8 Å². The first-order chi connectivity index (χ1) is 13.7. The minimum atomic E-state index is -3.65. The number of carbonyl (C=O) groups excluding carboxylic acids is 1. The van der Waals surface area contributed by atoms with Crippen molar-refractivity contribution in [3.05, 3.63) is 35.2 Å². The van der Waals surface area contributed by atoms with Gasteiger partial charge in [-0.15, -0.1) is 0 Å². The third-order valence-corrected chi connectivity index (χ3v) is 7.68. The lowest BCUT2D eigenvalue weighted by Gasteiger charge is -2.27. The largest absolute Gasteiger partial charge is 0.437 e. The number of rotatable bonds is 6. The highest BCUT2D eigenvalue weighted by atomic mass is 32.2. The molecule has 1 atom stereocenters. The van der Waals surface area contributed by atoms with E-state index in [2.05, 4.69) is 10.3 Å². The first kappa shape index (κ1) is 21.8. The number of anilines is 1. The van der Waals surface area contributed by atoms with Crippen molar-refractivity contribution < 1.29 is 22.4 Å². The number of amides is 1. The van der Waals surface area contributed by atoms with Gasteiger partial charge < -0.3 is 14.5 Å². The summed E-state index contributed by atoms with van der Waals surface area (Å²) in [5.74, 6) is 0.457. The van der Waals surface area contributed by atoms with Crippen LogP contribution in [-0.2, 0) is 19.6 Å². The van der Waals surface area contributed by atoms with E-state index in [0.29, 0.717) is 42.8 Å². The molecule has 3 rings (SSSR count). The molecule has 158 valence electrons. The Labute approximate surface area is 175 Å². The van der Waals surface area contributed by atoms with E-state index in [9.17, 15) is 13.2 Å². The molecule has 0 radical (unpaired) electrons. The molecule has 0 aliphatic carbocycles. The summed E-state index contributed by atoms with van der Waals surface area (Å²) in [6, 6.07) is 4.90. The van der Waals surface area contributed by atoms with Crippen LogP contribution in [0.5, 0.6) is 0 Å². The molecule has 1 unspecified atom stereocenters. The molecule has 1 N–H and O–H groups in total. The Bertz CT molecular complexity index is 978. The lowest BCUT2D eigenvalue weighted by atomic mass is 10.2. The number of nitrogens with zero attached hydrogens (tertiary/aromatic N) is 2. The highest BCUT2D eigenvalue weighted by molar-refractivity contribution is 8.00. The second kappa shape index (κ2) is 8.86. The fourth-order valence-electron chi connectivity index (χ4n) is 2.82. The number of oxazole rings is 1. The molecule has 1 aromatic carbocycles. The van der Waals surface area contributed by atoms with Crippen molar-refractivity contribution in [3.8, 4) is 0 Å². The second-order valence-corrected chi connectivity index (χ2v) is 10.1. The number of morpholine rings is 1. The number of hydrogen-bond donors (Lipinski definition) is 1.